The summed E-state index contributed by atoms with van der Waals surface area (Å²) in [5, 5.41) is 2.26. The zero-order chi connectivity index (χ0) is 12.5. The Kier molecular flexibility index (Phi) is 3.20. The fourth-order valence-electron chi connectivity index (χ4n) is 2.14. The summed E-state index contributed by atoms with van der Waals surface area (Å²) in [6, 6.07) is 10.7. The first-order valence-corrected chi connectivity index (χ1v) is 7.30. The topological polar surface area (TPSA) is 52.0 Å². The lowest BCUT2D eigenvalue weighted by Crippen LogP contribution is -2.20. The van der Waals surface area contributed by atoms with Gasteiger partial charge in [-0.05, 0) is 46.9 Å². The Bertz CT molecular complexity index is 526. The van der Waals surface area contributed by atoms with Crippen LogP contribution >= 0.6 is 11.3 Å². The lowest BCUT2D eigenvalue weighted by Gasteiger charge is -2.09. The predicted octanol–water partition coefficient (Wildman–Crippen LogP) is 3.25. The molecule has 94 valence electrons. The van der Waals surface area contributed by atoms with E-state index in [4.69, 9.17) is 11.5 Å². The van der Waals surface area contributed by atoms with Crippen LogP contribution in [0.25, 0.3) is 11.1 Å². The largest absolute Gasteiger partial charge is 0.329 e. The van der Waals surface area contributed by atoms with E-state index < -0.39 is 0 Å². The van der Waals surface area contributed by atoms with Crippen molar-refractivity contribution in [3.63, 3.8) is 0 Å². The summed E-state index contributed by atoms with van der Waals surface area (Å²) in [4.78, 5) is 1.53. The van der Waals surface area contributed by atoms with Crippen molar-refractivity contribution in [2.24, 2.45) is 11.5 Å². The first kappa shape index (κ1) is 11.9. The van der Waals surface area contributed by atoms with E-state index in [9.17, 15) is 0 Å². The van der Waals surface area contributed by atoms with Crippen molar-refractivity contribution < 1.29 is 0 Å². The SMILES string of the molecule is NCC(N)c1ccc(-c2csc(C3CC3)c2)cc1. The molecule has 1 heterocycles. The van der Waals surface area contributed by atoms with Crippen LogP contribution in [0.15, 0.2) is 35.7 Å². The maximum Gasteiger partial charge on any atom is 0.0419 e. The summed E-state index contributed by atoms with van der Waals surface area (Å²) >= 11 is 1.89. The lowest BCUT2D eigenvalue weighted by atomic mass is 10.0. The average molecular weight is 258 g/mol. The molecule has 1 fully saturated rings. The van der Waals surface area contributed by atoms with Gasteiger partial charge in [0.25, 0.3) is 0 Å². The van der Waals surface area contributed by atoms with Crippen LogP contribution in [0, 0.1) is 0 Å². The number of thiophene rings is 1. The Morgan fingerprint density at radius 1 is 1.17 bits per heavy atom. The Morgan fingerprint density at radius 3 is 2.50 bits per heavy atom. The van der Waals surface area contributed by atoms with Crippen LogP contribution in [0.4, 0.5) is 0 Å². The predicted molar refractivity (Wildman–Crippen MR) is 77.7 cm³/mol. The lowest BCUT2D eigenvalue weighted by molar-refractivity contribution is 0.737. The van der Waals surface area contributed by atoms with Crippen LogP contribution in [0.5, 0.6) is 0 Å². The van der Waals surface area contributed by atoms with E-state index in [1.807, 2.05) is 11.3 Å². The van der Waals surface area contributed by atoms with Gasteiger partial charge in [0.2, 0.25) is 0 Å². The van der Waals surface area contributed by atoms with E-state index >= 15 is 0 Å². The molecule has 3 heteroatoms. The number of hydrogen-bond donors (Lipinski definition) is 2. The molecular formula is C15H18N2S. The molecule has 18 heavy (non-hydrogen) atoms. The summed E-state index contributed by atoms with van der Waals surface area (Å²) in [5.74, 6) is 0.841. The maximum absolute atomic E-state index is 5.91. The molecule has 3 rings (SSSR count). The maximum atomic E-state index is 5.91. The Morgan fingerprint density at radius 2 is 1.89 bits per heavy atom. The zero-order valence-electron chi connectivity index (χ0n) is 10.3. The molecule has 1 unspecified atom stereocenters. The van der Waals surface area contributed by atoms with E-state index in [2.05, 4.69) is 35.7 Å². The highest BCUT2D eigenvalue weighted by Gasteiger charge is 2.25. The second-order valence-corrected chi connectivity index (χ2v) is 5.92. The molecule has 1 aromatic heterocycles. The third kappa shape index (κ3) is 2.34. The van der Waals surface area contributed by atoms with Gasteiger partial charge >= 0.3 is 0 Å². The monoisotopic (exact) mass is 258 g/mol. The highest BCUT2D eigenvalue weighted by molar-refractivity contribution is 7.10. The first-order chi connectivity index (χ1) is 8.78. The van der Waals surface area contributed by atoms with Crippen molar-refractivity contribution in [2.75, 3.05) is 6.54 Å². The third-order valence-electron chi connectivity index (χ3n) is 3.53. The quantitative estimate of drug-likeness (QED) is 0.884. The zero-order valence-corrected chi connectivity index (χ0v) is 11.1. The second kappa shape index (κ2) is 4.84. The van der Waals surface area contributed by atoms with Gasteiger partial charge in [-0.3, -0.25) is 0 Å². The molecule has 0 saturated heterocycles. The van der Waals surface area contributed by atoms with Gasteiger partial charge in [-0.1, -0.05) is 24.3 Å². The summed E-state index contributed by atoms with van der Waals surface area (Å²) in [6.07, 6.45) is 2.73. The summed E-state index contributed by atoms with van der Waals surface area (Å²) < 4.78 is 0. The van der Waals surface area contributed by atoms with Gasteiger partial charge in [0.15, 0.2) is 0 Å². The molecule has 2 aromatic rings. The molecule has 1 atom stereocenters. The molecule has 0 spiro atoms. The Hall–Kier alpha value is -1.16. The van der Waals surface area contributed by atoms with Crippen LogP contribution in [0.1, 0.15) is 35.2 Å². The van der Waals surface area contributed by atoms with Crippen molar-refractivity contribution in [2.45, 2.75) is 24.8 Å². The standard InChI is InChI=1S/C15H18N2S/c16-8-14(17)11-3-1-10(2-4-11)13-7-15(18-9-13)12-5-6-12/h1-4,7,9,12,14H,5-6,8,16-17H2. The van der Waals surface area contributed by atoms with Crippen LogP contribution in [-0.4, -0.2) is 6.54 Å². The van der Waals surface area contributed by atoms with Crippen LogP contribution in [0.2, 0.25) is 0 Å². The summed E-state index contributed by atoms with van der Waals surface area (Å²) in [7, 11) is 0. The van der Waals surface area contributed by atoms with E-state index in [0.29, 0.717) is 6.54 Å². The highest BCUT2D eigenvalue weighted by atomic mass is 32.1. The molecule has 0 amide bonds. The van der Waals surface area contributed by atoms with Gasteiger partial charge in [0.05, 0.1) is 0 Å². The van der Waals surface area contributed by atoms with Crippen molar-refractivity contribution in [3.05, 3.63) is 46.2 Å². The van der Waals surface area contributed by atoms with Crippen LogP contribution < -0.4 is 11.5 Å². The minimum Gasteiger partial charge on any atom is -0.329 e. The van der Waals surface area contributed by atoms with Crippen molar-refractivity contribution in [3.8, 4) is 11.1 Å². The molecule has 1 aromatic carbocycles. The molecule has 4 N–H and O–H groups in total. The average Bonchev–Trinajstić information content (AvgIpc) is 3.16. The molecule has 0 bridgehead atoms. The normalized spacial score (nSPS) is 16.8. The minimum absolute atomic E-state index is 0.0523. The van der Waals surface area contributed by atoms with Crippen LogP contribution in [0.3, 0.4) is 0 Å². The number of hydrogen-bond acceptors (Lipinski definition) is 3. The fourth-order valence-corrected chi connectivity index (χ4v) is 3.24. The Balaban J connectivity index is 1.82. The van der Waals surface area contributed by atoms with Gasteiger partial charge in [-0.25, -0.2) is 0 Å². The van der Waals surface area contributed by atoms with Crippen molar-refractivity contribution in [1.29, 1.82) is 0 Å². The number of rotatable bonds is 4. The van der Waals surface area contributed by atoms with Gasteiger partial charge in [-0.2, -0.15) is 0 Å². The molecule has 1 aliphatic rings. The fraction of sp³-hybridized carbons (Fsp3) is 0.333. The molecular weight excluding hydrogens is 240 g/mol. The number of nitrogens with two attached hydrogens (primary N) is 2. The number of benzene rings is 1. The summed E-state index contributed by atoms with van der Waals surface area (Å²) in [5.41, 5.74) is 15.2. The summed E-state index contributed by atoms with van der Waals surface area (Å²) in [6.45, 7) is 0.490. The van der Waals surface area contributed by atoms with Crippen LogP contribution in [-0.2, 0) is 0 Å². The van der Waals surface area contributed by atoms with Crippen molar-refractivity contribution in [1.82, 2.24) is 0 Å². The van der Waals surface area contributed by atoms with Gasteiger partial charge < -0.3 is 11.5 Å². The smallest absolute Gasteiger partial charge is 0.0419 e. The minimum atomic E-state index is -0.0523. The third-order valence-corrected chi connectivity index (χ3v) is 4.62. The van der Waals surface area contributed by atoms with E-state index in [0.717, 1.165) is 11.5 Å². The van der Waals surface area contributed by atoms with Crippen molar-refractivity contribution >= 4 is 11.3 Å². The molecule has 0 radical (unpaired) electrons. The van der Waals surface area contributed by atoms with Gasteiger partial charge in [0, 0.05) is 17.5 Å². The first-order valence-electron chi connectivity index (χ1n) is 6.42. The van der Waals surface area contributed by atoms with Gasteiger partial charge in [0.1, 0.15) is 0 Å². The molecule has 1 saturated carbocycles. The second-order valence-electron chi connectivity index (χ2n) is 4.98. The highest BCUT2D eigenvalue weighted by Crippen LogP contribution is 2.44. The Labute approximate surface area is 112 Å². The molecule has 2 nitrogen and oxygen atoms in total. The van der Waals surface area contributed by atoms with E-state index in [1.165, 1.54) is 28.8 Å². The molecule has 0 aliphatic heterocycles. The van der Waals surface area contributed by atoms with E-state index in [1.54, 1.807) is 0 Å². The van der Waals surface area contributed by atoms with Gasteiger partial charge in [-0.15, -0.1) is 11.3 Å². The molecule has 1 aliphatic carbocycles. The van der Waals surface area contributed by atoms with E-state index in [-0.39, 0.29) is 6.04 Å².